The maximum atomic E-state index is 5.95. The van der Waals surface area contributed by atoms with Crippen molar-refractivity contribution in [2.45, 2.75) is 39.8 Å². The van der Waals surface area contributed by atoms with E-state index in [9.17, 15) is 0 Å². The number of benzene rings is 1. The lowest BCUT2D eigenvalue weighted by atomic mass is 10.2. The highest BCUT2D eigenvalue weighted by Crippen LogP contribution is 2.11. The minimum atomic E-state index is 0. The quantitative estimate of drug-likeness (QED) is 0.452. The summed E-state index contributed by atoms with van der Waals surface area (Å²) in [4.78, 5) is 4.55. The summed E-state index contributed by atoms with van der Waals surface area (Å²) in [6.45, 7) is 7.85. The summed E-state index contributed by atoms with van der Waals surface area (Å²) in [5, 5.41) is 7.35. The fourth-order valence-electron chi connectivity index (χ4n) is 1.46. The third-order valence-corrected chi connectivity index (χ3v) is 2.88. The van der Waals surface area contributed by atoms with E-state index in [0.717, 1.165) is 29.5 Å². The molecule has 0 saturated carbocycles. The summed E-state index contributed by atoms with van der Waals surface area (Å²) in [6, 6.07) is 8.21. The Labute approximate surface area is 138 Å². The largest absolute Gasteiger partial charge is 0.357 e. The van der Waals surface area contributed by atoms with Gasteiger partial charge in [0.05, 0.1) is 6.54 Å². The number of rotatable bonds is 5. The average molecular weight is 396 g/mol. The molecule has 0 radical (unpaired) electrons. The van der Waals surface area contributed by atoms with Crippen LogP contribution in [0.15, 0.2) is 29.3 Å². The summed E-state index contributed by atoms with van der Waals surface area (Å²) in [7, 11) is 0. The average Bonchev–Trinajstić information content (AvgIpc) is 2.36. The highest BCUT2D eigenvalue weighted by Gasteiger charge is 2.02. The summed E-state index contributed by atoms with van der Waals surface area (Å²) in [6.07, 6.45) is 1.07. The van der Waals surface area contributed by atoms with Crippen LogP contribution < -0.4 is 10.6 Å². The molecular formula is C14H23ClIN3. The number of aliphatic imine (C=N–C) groups is 1. The van der Waals surface area contributed by atoms with Crippen LogP contribution in [0, 0.1) is 0 Å². The lowest BCUT2D eigenvalue weighted by molar-refractivity contribution is 0.624. The fraction of sp³-hybridized carbons (Fsp3) is 0.500. The minimum absolute atomic E-state index is 0. The van der Waals surface area contributed by atoms with Crippen molar-refractivity contribution in [3.05, 3.63) is 34.9 Å². The normalized spacial score (nSPS) is 12.5. The Hall–Kier alpha value is -0.490. The molecule has 0 aliphatic rings. The van der Waals surface area contributed by atoms with Crippen LogP contribution in [-0.2, 0) is 6.54 Å². The van der Waals surface area contributed by atoms with Gasteiger partial charge in [-0.25, -0.2) is 4.99 Å². The van der Waals surface area contributed by atoms with E-state index in [0.29, 0.717) is 12.6 Å². The van der Waals surface area contributed by atoms with Crippen molar-refractivity contribution in [3.8, 4) is 0 Å². The molecule has 19 heavy (non-hydrogen) atoms. The number of guanidine groups is 1. The predicted octanol–water partition coefficient (Wildman–Crippen LogP) is 3.81. The minimum Gasteiger partial charge on any atom is -0.357 e. The maximum Gasteiger partial charge on any atom is 0.191 e. The molecule has 0 bridgehead atoms. The van der Waals surface area contributed by atoms with E-state index in [1.54, 1.807) is 0 Å². The Bertz CT molecular complexity index is 396. The van der Waals surface area contributed by atoms with Gasteiger partial charge in [0.2, 0.25) is 0 Å². The molecule has 0 saturated heterocycles. The standard InChI is InChI=1S/C14H22ClN3.HI/c1-4-11(3)18-14(16-5-2)17-10-12-7-6-8-13(15)9-12;/h6-9,11H,4-5,10H2,1-3H3,(H2,16,17,18);1H. The zero-order valence-corrected chi connectivity index (χ0v) is 14.8. The number of hydrogen-bond donors (Lipinski definition) is 2. The number of halogens is 2. The van der Waals surface area contributed by atoms with Crippen LogP contribution in [0.2, 0.25) is 5.02 Å². The lowest BCUT2D eigenvalue weighted by Crippen LogP contribution is -2.41. The monoisotopic (exact) mass is 395 g/mol. The number of nitrogens with one attached hydrogen (secondary N) is 2. The molecule has 1 aromatic rings. The molecule has 0 aliphatic heterocycles. The second-order valence-electron chi connectivity index (χ2n) is 4.28. The van der Waals surface area contributed by atoms with Gasteiger partial charge in [-0.05, 0) is 38.0 Å². The Morgan fingerprint density at radius 2 is 2.11 bits per heavy atom. The molecule has 0 spiro atoms. The summed E-state index contributed by atoms with van der Waals surface area (Å²) >= 11 is 5.95. The zero-order valence-electron chi connectivity index (χ0n) is 11.7. The van der Waals surface area contributed by atoms with Crippen LogP contribution in [-0.4, -0.2) is 18.5 Å². The van der Waals surface area contributed by atoms with Gasteiger partial charge in [-0.15, -0.1) is 24.0 Å². The lowest BCUT2D eigenvalue weighted by Gasteiger charge is -2.16. The van der Waals surface area contributed by atoms with Crippen LogP contribution in [0.4, 0.5) is 0 Å². The first-order chi connectivity index (χ1) is 8.65. The van der Waals surface area contributed by atoms with Crippen molar-refractivity contribution in [3.63, 3.8) is 0 Å². The topological polar surface area (TPSA) is 36.4 Å². The molecule has 108 valence electrons. The van der Waals surface area contributed by atoms with Crippen molar-refractivity contribution in [2.24, 2.45) is 4.99 Å². The van der Waals surface area contributed by atoms with E-state index < -0.39 is 0 Å². The molecule has 0 aliphatic carbocycles. The molecule has 5 heteroatoms. The molecule has 2 N–H and O–H groups in total. The number of hydrogen-bond acceptors (Lipinski definition) is 1. The summed E-state index contributed by atoms with van der Waals surface area (Å²) < 4.78 is 0. The maximum absolute atomic E-state index is 5.95. The van der Waals surface area contributed by atoms with E-state index in [-0.39, 0.29) is 24.0 Å². The van der Waals surface area contributed by atoms with Gasteiger partial charge in [0, 0.05) is 17.6 Å². The Balaban J connectivity index is 0.00000324. The van der Waals surface area contributed by atoms with Crippen LogP contribution >= 0.6 is 35.6 Å². The van der Waals surface area contributed by atoms with Gasteiger partial charge in [0.15, 0.2) is 5.96 Å². The molecule has 0 fully saturated rings. The molecule has 0 amide bonds. The van der Waals surface area contributed by atoms with Crippen LogP contribution in [0.5, 0.6) is 0 Å². The molecule has 1 aromatic carbocycles. The van der Waals surface area contributed by atoms with E-state index in [1.807, 2.05) is 24.3 Å². The zero-order chi connectivity index (χ0) is 13.4. The highest BCUT2D eigenvalue weighted by molar-refractivity contribution is 14.0. The summed E-state index contributed by atoms with van der Waals surface area (Å²) in [5.74, 6) is 0.854. The van der Waals surface area contributed by atoms with Gasteiger partial charge < -0.3 is 10.6 Å². The van der Waals surface area contributed by atoms with E-state index in [4.69, 9.17) is 11.6 Å². The Kier molecular flexibility index (Phi) is 10.0. The second kappa shape index (κ2) is 10.3. The van der Waals surface area contributed by atoms with Crippen molar-refractivity contribution in [1.82, 2.24) is 10.6 Å². The van der Waals surface area contributed by atoms with Crippen molar-refractivity contribution >= 4 is 41.5 Å². The van der Waals surface area contributed by atoms with E-state index in [1.165, 1.54) is 0 Å². The van der Waals surface area contributed by atoms with Gasteiger partial charge in [-0.2, -0.15) is 0 Å². The van der Waals surface area contributed by atoms with Crippen LogP contribution in [0.1, 0.15) is 32.8 Å². The smallest absolute Gasteiger partial charge is 0.191 e. The van der Waals surface area contributed by atoms with Gasteiger partial charge >= 0.3 is 0 Å². The Morgan fingerprint density at radius 3 is 2.68 bits per heavy atom. The number of nitrogens with zero attached hydrogens (tertiary/aromatic N) is 1. The predicted molar refractivity (Wildman–Crippen MR) is 94.6 cm³/mol. The molecule has 0 heterocycles. The fourth-order valence-corrected chi connectivity index (χ4v) is 1.67. The van der Waals surface area contributed by atoms with Gasteiger partial charge in [0.25, 0.3) is 0 Å². The van der Waals surface area contributed by atoms with E-state index >= 15 is 0 Å². The van der Waals surface area contributed by atoms with Crippen molar-refractivity contribution in [2.75, 3.05) is 6.54 Å². The van der Waals surface area contributed by atoms with Gasteiger partial charge in [-0.1, -0.05) is 30.7 Å². The van der Waals surface area contributed by atoms with Crippen LogP contribution in [0.3, 0.4) is 0 Å². The summed E-state index contributed by atoms with van der Waals surface area (Å²) in [5.41, 5.74) is 1.11. The van der Waals surface area contributed by atoms with Crippen molar-refractivity contribution < 1.29 is 0 Å². The molecule has 1 unspecified atom stereocenters. The van der Waals surface area contributed by atoms with Crippen molar-refractivity contribution in [1.29, 1.82) is 0 Å². The molecule has 1 rings (SSSR count). The first kappa shape index (κ1) is 18.5. The van der Waals surface area contributed by atoms with Gasteiger partial charge in [0.1, 0.15) is 0 Å². The molecule has 0 aromatic heterocycles. The highest BCUT2D eigenvalue weighted by atomic mass is 127. The molecule has 1 atom stereocenters. The van der Waals surface area contributed by atoms with Crippen LogP contribution in [0.25, 0.3) is 0 Å². The Morgan fingerprint density at radius 1 is 1.37 bits per heavy atom. The first-order valence-electron chi connectivity index (χ1n) is 6.45. The van der Waals surface area contributed by atoms with E-state index in [2.05, 4.69) is 36.4 Å². The molecular weight excluding hydrogens is 373 g/mol. The first-order valence-corrected chi connectivity index (χ1v) is 6.82. The molecule has 3 nitrogen and oxygen atoms in total. The van der Waals surface area contributed by atoms with Gasteiger partial charge in [-0.3, -0.25) is 0 Å². The third-order valence-electron chi connectivity index (χ3n) is 2.65. The SMILES string of the molecule is CCNC(=NCc1cccc(Cl)c1)NC(C)CC.I. The third kappa shape index (κ3) is 7.62. The second-order valence-corrected chi connectivity index (χ2v) is 4.72.